The zero-order valence-corrected chi connectivity index (χ0v) is 12.6. The minimum absolute atomic E-state index is 0.189. The Morgan fingerprint density at radius 2 is 2.09 bits per heavy atom. The summed E-state index contributed by atoms with van der Waals surface area (Å²) in [4.78, 5) is 27.2. The summed E-state index contributed by atoms with van der Waals surface area (Å²) in [5, 5.41) is 13.0. The maximum absolute atomic E-state index is 12.0. The standard InChI is InChI=1S/C14H14N4O3S/c1-2-10-11(22-14(15)17-10)12(19)18-16-7-8-3-5-9(6-4-8)13(20)21/h3-7H,2H2,1H3,(H2,15,17)(H,18,19)(H,20,21)/b16-7-. The highest BCUT2D eigenvalue weighted by Crippen LogP contribution is 2.20. The molecule has 0 aliphatic heterocycles. The van der Waals surface area contributed by atoms with E-state index in [-0.39, 0.29) is 11.5 Å². The Bertz CT molecular complexity index is 722. The van der Waals surface area contributed by atoms with Gasteiger partial charge in [0.1, 0.15) is 4.88 Å². The van der Waals surface area contributed by atoms with Gasteiger partial charge in [-0.05, 0) is 24.1 Å². The lowest BCUT2D eigenvalue weighted by atomic mass is 10.1. The first-order valence-corrected chi connectivity index (χ1v) is 7.24. The average molecular weight is 318 g/mol. The molecule has 0 atom stereocenters. The predicted molar refractivity (Wildman–Crippen MR) is 84.4 cm³/mol. The average Bonchev–Trinajstić information content (AvgIpc) is 2.89. The SMILES string of the molecule is CCc1nc(N)sc1C(=O)N/N=C\c1ccc(C(=O)O)cc1. The summed E-state index contributed by atoms with van der Waals surface area (Å²) in [6.07, 6.45) is 2.04. The van der Waals surface area contributed by atoms with Gasteiger partial charge in [0.05, 0.1) is 17.5 Å². The number of carbonyl (C=O) groups excluding carboxylic acids is 1. The van der Waals surface area contributed by atoms with E-state index in [1.165, 1.54) is 18.3 Å². The van der Waals surface area contributed by atoms with E-state index in [2.05, 4.69) is 15.5 Å². The molecule has 1 aromatic carbocycles. The lowest BCUT2D eigenvalue weighted by molar-refractivity contribution is 0.0696. The van der Waals surface area contributed by atoms with Gasteiger partial charge in [-0.2, -0.15) is 5.10 Å². The Kier molecular flexibility index (Phi) is 4.84. The number of nitrogens with one attached hydrogen (secondary N) is 1. The second-order valence-corrected chi connectivity index (χ2v) is 5.34. The molecule has 0 radical (unpaired) electrons. The highest BCUT2D eigenvalue weighted by Gasteiger charge is 2.15. The van der Waals surface area contributed by atoms with Crippen molar-refractivity contribution in [2.45, 2.75) is 13.3 Å². The summed E-state index contributed by atoms with van der Waals surface area (Å²) in [6.45, 7) is 1.89. The number of aryl methyl sites for hydroxylation is 1. The summed E-state index contributed by atoms with van der Waals surface area (Å²) >= 11 is 1.11. The number of nitrogens with two attached hydrogens (primary N) is 1. The second-order valence-electron chi connectivity index (χ2n) is 4.31. The quantitative estimate of drug-likeness (QED) is 0.573. The smallest absolute Gasteiger partial charge is 0.335 e. The molecule has 4 N–H and O–H groups in total. The maximum Gasteiger partial charge on any atom is 0.335 e. The number of anilines is 1. The molecular formula is C14H14N4O3S. The monoisotopic (exact) mass is 318 g/mol. The molecule has 1 heterocycles. The molecule has 0 spiro atoms. The van der Waals surface area contributed by atoms with E-state index in [0.29, 0.717) is 27.7 Å². The van der Waals surface area contributed by atoms with Crippen LogP contribution in [0.1, 0.15) is 38.2 Å². The maximum atomic E-state index is 12.0. The van der Waals surface area contributed by atoms with Crippen LogP contribution < -0.4 is 11.2 Å². The lowest BCUT2D eigenvalue weighted by Crippen LogP contribution is -2.17. The van der Waals surface area contributed by atoms with Crippen LogP contribution >= 0.6 is 11.3 Å². The first kappa shape index (κ1) is 15.6. The molecule has 0 fully saturated rings. The van der Waals surface area contributed by atoms with Crippen LogP contribution in [0.3, 0.4) is 0 Å². The van der Waals surface area contributed by atoms with Gasteiger partial charge in [0.15, 0.2) is 5.13 Å². The van der Waals surface area contributed by atoms with Crippen molar-refractivity contribution in [3.8, 4) is 0 Å². The minimum atomic E-state index is -0.994. The van der Waals surface area contributed by atoms with Crippen LogP contribution in [0.25, 0.3) is 0 Å². The number of aromatic carboxylic acids is 1. The number of benzene rings is 1. The van der Waals surface area contributed by atoms with E-state index in [1.54, 1.807) is 12.1 Å². The van der Waals surface area contributed by atoms with Crippen LogP contribution in [-0.4, -0.2) is 28.2 Å². The van der Waals surface area contributed by atoms with Crippen molar-refractivity contribution < 1.29 is 14.7 Å². The van der Waals surface area contributed by atoms with E-state index in [1.807, 2.05) is 6.92 Å². The molecular weight excluding hydrogens is 304 g/mol. The fourth-order valence-electron chi connectivity index (χ4n) is 1.72. The van der Waals surface area contributed by atoms with Gasteiger partial charge in [-0.15, -0.1) is 0 Å². The number of thiazole rings is 1. The third kappa shape index (κ3) is 3.67. The minimum Gasteiger partial charge on any atom is -0.478 e. The molecule has 114 valence electrons. The van der Waals surface area contributed by atoms with Crippen LogP contribution in [0.2, 0.25) is 0 Å². The van der Waals surface area contributed by atoms with Gasteiger partial charge < -0.3 is 10.8 Å². The van der Waals surface area contributed by atoms with Crippen molar-refractivity contribution in [1.29, 1.82) is 0 Å². The van der Waals surface area contributed by atoms with Crippen molar-refractivity contribution in [2.75, 3.05) is 5.73 Å². The van der Waals surface area contributed by atoms with Crippen LogP contribution in [-0.2, 0) is 6.42 Å². The van der Waals surface area contributed by atoms with E-state index in [9.17, 15) is 9.59 Å². The van der Waals surface area contributed by atoms with Gasteiger partial charge in [-0.3, -0.25) is 4.79 Å². The Labute approximate surface area is 130 Å². The molecule has 0 bridgehead atoms. The third-order valence-corrected chi connectivity index (χ3v) is 3.72. The number of aromatic nitrogens is 1. The number of rotatable bonds is 5. The Balaban J connectivity index is 2.02. The van der Waals surface area contributed by atoms with Crippen molar-refractivity contribution in [1.82, 2.24) is 10.4 Å². The lowest BCUT2D eigenvalue weighted by Gasteiger charge is -1.99. The molecule has 0 unspecified atom stereocenters. The van der Waals surface area contributed by atoms with Crippen molar-refractivity contribution >= 4 is 34.6 Å². The van der Waals surface area contributed by atoms with Gasteiger partial charge in [-0.1, -0.05) is 30.4 Å². The summed E-state index contributed by atoms with van der Waals surface area (Å²) < 4.78 is 0. The first-order valence-electron chi connectivity index (χ1n) is 6.43. The van der Waals surface area contributed by atoms with Crippen LogP contribution in [0, 0.1) is 0 Å². The Morgan fingerprint density at radius 1 is 1.41 bits per heavy atom. The van der Waals surface area contributed by atoms with Crippen LogP contribution in [0.4, 0.5) is 5.13 Å². The first-order chi connectivity index (χ1) is 10.5. The summed E-state index contributed by atoms with van der Waals surface area (Å²) in [6, 6.07) is 6.12. The molecule has 22 heavy (non-hydrogen) atoms. The fourth-order valence-corrected chi connectivity index (χ4v) is 2.53. The predicted octanol–water partition coefficient (Wildman–Crippen LogP) is 1.75. The molecule has 0 saturated carbocycles. The molecule has 0 saturated heterocycles. The van der Waals surface area contributed by atoms with Gasteiger partial charge in [-0.25, -0.2) is 15.2 Å². The zero-order valence-electron chi connectivity index (χ0n) is 11.7. The van der Waals surface area contributed by atoms with E-state index in [0.717, 1.165) is 11.3 Å². The number of hydrogen-bond donors (Lipinski definition) is 3. The molecule has 1 aromatic heterocycles. The summed E-state index contributed by atoms with van der Waals surface area (Å²) in [5.41, 5.74) is 9.49. The third-order valence-electron chi connectivity index (χ3n) is 2.79. The molecule has 1 amide bonds. The van der Waals surface area contributed by atoms with E-state index >= 15 is 0 Å². The Morgan fingerprint density at radius 3 is 2.68 bits per heavy atom. The number of hydrogen-bond acceptors (Lipinski definition) is 6. The largest absolute Gasteiger partial charge is 0.478 e. The molecule has 0 aliphatic rings. The van der Waals surface area contributed by atoms with E-state index in [4.69, 9.17) is 10.8 Å². The number of nitrogen functional groups attached to an aromatic ring is 1. The number of nitrogens with zero attached hydrogens (tertiary/aromatic N) is 2. The highest BCUT2D eigenvalue weighted by molar-refractivity contribution is 7.17. The molecule has 7 nitrogen and oxygen atoms in total. The van der Waals surface area contributed by atoms with Crippen molar-refractivity contribution in [3.05, 3.63) is 46.0 Å². The topological polar surface area (TPSA) is 118 Å². The normalized spacial score (nSPS) is 10.8. The molecule has 2 rings (SSSR count). The summed E-state index contributed by atoms with van der Waals surface area (Å²) in [7, 11) is 0. The van der Waals surface area contributed by atoms with Crippen LogP contribution in [0.15, 0.2) is 29.4 Å². The number of carboxylic acid groups (broad SMARTS) is 1. The highest BCUT2D eigenvalue weighted by atomic mass is 32.1. The van der Waals surface area contributed by atoms with Gasteiger partial charge in [0.25, 0.3) is 5.91 Å². The number of carboxylic acids is 1. The van der Waals surface area contributed by atoms with Gasteiger partial charge in [0, 0.05) is 0 Å². The van der Waals surface area contributed by atoms with Crippen LogP contribution in [0.5, 0.6) is 0 Å². The van der Waals surface area contributed by atoms with Crippen molar-refractivity contribution in [2.24, 2.45) is 5.10 Å². The van der Waals surface area contributed by atoms with Gasteiger partial charge >= 0.3 is 5.97 Å². The number of hydrazone groups is 1. The van der Waals surface area contributed by atoms with E-state index < -0.39 is 5.97 Å². The fraction of sp³-hybridized carbons (Fsp3) is 0.143. The number of carbonyl (C=O) groups is 2. The molecule has 2 aromatic rings. The second kappa shape index (κ2) is 6.81. The summed E-state index contributed by atoms with van der Waals surface area (Å²) in [5.74, 6) is -1.36. The zero-order chi connectivity index (χ0) is 16.1. The van der Waals surface area contributed by atoms with Crippen molar-refractivity contribution in [3.63, 3.8) is 0 Å². The molecule has 8 heteroatoms. The van der Waals surface area contributed by atoms with Gasteiger partial charge in [0.2, 0.25) is 0 Å². The molecule has 0 aliphatic carbocycles. The number of amides is 1. The Hall–Kier alpha value is -2.74.